The van der Waals surface area contributed by atoms with E-state index in [9.17, 15) is 9.59 Å². The van der Waals surface area contributed by atoms with Crippen molar-refractivity contribution in [2.75, 3.05) is 0 Å². The molecule has 0 radical (unpaired) electrons. The van der Waals surface area contributed by atoms with Gasteiger partial charge >= 0.3 is 5.69 Å². The number of aromatic nitrogens is 5. The highest BCUT2D eigenvalue weighted by Gasteiger charge is 2.20. The summed E-state index contributed by atoms with van der Waals surface area (Å²) < 4.78 is 6.39. The molecular formula is C19H20ClN5O2. The Morgan fingerprint density at radius 3 is 2.59 bits per heavy atom. The standard InChI is InChI=1S/C19H20ClN5O2/c1-5-8-23-17(26)15-16(22(4)19(23)27)21-18-24(15)10-12(3)25(18)13-7-6-11(2)14(20)9-13/h6-7,9-10H,5,8H2,1-4H3. The Labute approximate surface area is 160 Å². The van der Waals surface area contributed by atoms with E-state index in [1.165, 1.54) is 9.13 Å². The number of halogens is 1. The summed E-state index contributed by atoms with van der Waals surface area (Å²) in [7, 11) is 1.64. The quantitative estimate of drug-likeness (QED) is 0.544. The van der Waals surface area contributed by atoms with Crippen molar-refractivity contribution in [3.05, 3.63) is 61.5 Å². The van der Waals surface area contributed by atoms with Gasteiger partial charge in [0, 0.05) is 30.5 Å². The molecule has 27 heavy (non-hydrogen) atoms. The number of benzene rings is 1. The van der Waals surface area contributed by atoms with E-state index in [-0.39, 0.29) is 11.2 Å². The molecule has 0 spiro atoms. The van der Waals surface area contributed by atoms with Crippen molar-refractivity contribution in [1.82, 2.24) is 23.1 Å². The average molecular weight is 386 g/mol. The van der Waals surface area contributed by atoms with Crippen LogP contribution in [0.1, 0.15) is 24.6 Å². The second-order valence-electron chi connectivity index (χ2n) is 6.79. The molecule has 0 aliphatic rings. The van der Waals surface area contributed by atoms with E-state index >= 15 is 0 Å². The smallest absolute Gasteiger partial charge is 0.283 e. The molecule has 4 rings (SSSR count). The Hall–Kier alpha value is -2.80. The Kier molecular flexibility index (Phi) is 3.99. The predicted molar refractivity (Wildman–Crippen MR) is 106 cm³/mol. The molecular weight excluding hydrogens is 366 g/mol. The third-order valence-corrected chi connectivity index (χ3v) is 5.29. The molecule has 0 fully saturated rings. The van der Waals surface area contributed by atoms with E-state index in [2.05, 4.69) is 4.98 Å². The molecule has 1 aromatic carbocycles. The second-order valence-corrected chi connectivity index (χ2v) is 7.20. The van der Waals surface area contributed by atoms with E-state index in [0.29, 0.717) is 34.9 Å². The van der Waals surface area contributed by atoms with Crippen LogP contribution >= 0.6 is 11.6 Å². The van der Waals surface area contributed by atoms with E-state index in [4.69, 9.17) is 11.6 Å². The summed E-state index contributed by atoms with van der Waals surface area (Å²) in [5.41, 5.74) is 2.86. The first-order chi connectivity index (χ1) is 12.8. The van der Waals surface area contributed by atoms with Gasteiger partial charge in [-0.3, -0.25) is 22.9 Å². The number of rotatable bonds is 3. The Balaban J connectivity index is 2.13. The molecule has 0 aliphatic carbocycles. The highest BCUT2D eigenvalue weighted by molar-refractivity contribution is 6.31. The van der Waals surface area contributed by atoms with Crippen LogP contribution in [-0.2, 0) is 13.6 Å². The molecule has 3 aromatic heterocycles. The zero-order valence-corrected chi connectivity index (χ0v) is 16.4. The van der Waals surface area contributed by atoms with Crippen molar-refractivity contribution in [3.63, 3.8) is 0 Å². The first-order valence-corrected chi connectivity index (χ1v) is 9.19. The molecule has 0 amide bonds. The maximum absolute atomic E-state index is 13.0. The molecule has 7 nitrogen and oxygen atoms in total. The normalized spacial score (nSPS) is 11.7. The van der Waals surface area contributed by atoms with Gasteiger partial charge in [-0.2, -0.15) is 4.98 Å². The van der Waals surface area contributed by atoms with Gasteiger partial charge in [-0.05, 0) is 38.0 Å². The summed E-state index contributed by atoms with van der Waals surface area (Å²) in [6.45, 7) is 6.20. The fourth-order valence-electron chi connectivity index (χ4n) is 3.47. The highest BCUT2D eigenvalue weighted by Crippen LogP contribution is 2.24. The van der Waals surface area contributed by atoms with Gasteiger partial charge in [-0.1, -0.05) is 24.6 Å². The number of aryl methyl sites for hydroxylation is 3. The molecule has 0 aliphatic heterocycles. The van der Waals surface area contributed by atoms with Gasteiger partial charge < -0.3 is 0 Å². The number of hydrogen-bond acceptors (Lipinski definition) is 3. The lowest BCUT2D eigenvalue weighted by molar-refractivity contribution is 0.592. The fourth-order valence-corrected chi connectivity index (χ4v) is 3.65. The van der Waals surface area contributed by atoms with Crippen molar-refractivity contribution >= 4 is 28.5 Å². The molecule has 0 atom stereocenters. The van der Waals surface area contributed by atoms with Crippen LogP contribution in [0.5, 0.6) is 0 Å². The van der Waals surface area contributed by atoms with Gasteiger partial charge in [0.1, 0.15) is 0 Å². The maximum Gasteiger partial charge on any atom is 0.332 e. The molecule has 0 bridgehead atoms. The lowest BCUT2D eigenvalue weighted by Crippen LogP contribution is -2.39. The second kappa shape index (κ2) is 6.13. The summed E-state index contributed by atoms with van der Waals surface area (Å²) in [6, 6.07) is 5.78. The van der Waals surface area contributed by atoms with E-state index in [1.807, 2.05) is 49.7 Å². The first-order valence-electron chi connectivity index (χ1n) is 8.81. The molecule has 0 unspecified atom stereocenters. The first kappa shape index (κ1) is 17.6. The Bertz CT molecular complexity index is 1320. The SMILES string of the molecule is CCCn1c(=O)c2c(nc3n(-c4ccc(C)c(Cl)c4)c(C)cn23)n(C)c1=O. The van der Waals surface area contributed by atoms with Gasteiger partial charge in [0.15, 0.2) is 11.2 Å². The van der Waals surface area contributed by atoms with Crippen LogP contribution in [0.15, 0.2) is 34.0 Å². The van der Waals surface area contributed by atoms with Crippen molar-refractivity contribution < 1.29 is 0 Å². The van der Waals surface area contributed by atoms with Gasteiger partial charge in [-0.25, -0.2) is 4.79 Å². The van der Waals surface area contributed by atoms with Gasteiger partial charge in [0.05, 0.1) is 5.69 Å². The van der Waals surface area contributed by atoms with Crippen LogP contribution < -0.4 is 11.2 Å². The summed E-state index contributed by atoms with van der Waals surface area (Å²) in [6.07, 6.45) is 2.56. The van der Waals surface area contributed by atoms with Crippen LogP contribution in [0.25, 0.3) is 22.6 Å². The molecule has 3 heterocycles. The molecule has 140 valence electrons. The minimum absolute atomic E-state index is 0.318. The highest BCUT2D eigenvalue weighted by atomic mass is 35.5. The molecule has 8 heteroatoms. The fraction of sp³-hybridized carbons (Fsp3) is 0.316. The molecule has 0 saturated carbocycles. The van der Waals surface area contributed by atoms with Crippen LogP contribution in [0, 0.1) is 13.8 Å². The minimum atomic E-state index is -0.350. The lowest BCUT2D eigenvalue weighted by atomic mass is 10.2. The van der Waals surface area contributed by atoms with Gasteiger partial charge in [0.25, 0.3) is 5.56 Å². The Morgan fingerprint density at radius 2 is 1.93 bits per heavy atom. The zero-order chi connectivity index (χ0) is 19.5. The summed E-state index contributed by atoms with van der Waals surface area (Å²) >= 11 is 6.30. The van der Waals surface area contributed by atoms with E-state index in [0.717, 1.165) is 16.9 Å². The third-order valence-electron chi connectivity index (χ3n) is 4.89. The van der Waals surface area contributed by atoms with Crippen LogP contribution in [0.2, 0.25) is 5.02 Å². The predicted octanol–water partition coefficient (Wildman–Crippen LogP) is 2.82. The van der Waals surface area contributed by atoms with Crippen LogP contribution in [0.4, 0.5) is 0 Å². The summed E-state index contributed by atoms with van der Waals surface area (Å²) in [5.74, 6) is 0.573. The molecule has 0 N–H and O–H groups in total. The molecule has 4 aromatic rings. The number of fused-ring (bicyclic) bond motifs is 3. The number of imidazole rings is 2. The van der Waals surface area contributed by atoms with Crippen molar-refractivity contribution in [3.8, 4) is 5.69 Å². The van der Waals surface area contributed by atoms with E-state index < -0.39 is 0 Å². The van der Waals surface area contributed by atoms with Crippen molar-refractivity contribution in [2.24, 2.45) is 7.05 Å². The van der Waals surface area contributed by atoms with Crippen molar-refractivity contribution in [2.45, 2.75) is 33.7 Å². The maximum atomic E-state index is 13.0. The topological polar surface area (TPSA) is 66.2 Å². The Morgan fingerprint density at radius 1 is 1.19 bits per heavy atom. The average Bonchev–Trinajstić information content (AvgIpc) is 3.14. The number of hydrogen-bond donors (Lipinski definition) is 0. The zero-order valence-electron chi connectivity index (χ0n) is 15.7. The minimum Gasteiger partial charge on any atom is -0.283 e. The van der Waals surface area contributed by atoms with Crippen LogP contribution in [0.3, 0.4) is 0 Å². The summed E-state index contributed by atoms with van der Waals surface area (Å²) in [5, 5.41) is 0.660. The van der Waals surface area contributed by atoms with Crippen molar-refractivity contribution in [1.29, 1.82) is 0 Å². The van der Waals surface area contributed by atoms with Crippen LogP contribution in [-0.4, -0.2) is 23.1 Å². The largest absolute Gasteiger partial charge is 0.332 e. The number of nitrogens with zero attached hydrogens (tertiary/aromatic N) is 5. The third kappa shape index (κ3) is 2.45. The molecule has 0 saturated heterocycles. The van der Waals surface area contributed by atoms with Gasteiger partial charge in [-0.15, -0.1) is 0 Å². The van der Waals surface area contributed by atoms with E-state index in [1.54, 1.807) is 11.4 Å². The monoisotopic (exact) mass is 385 g/mol. The van der Waals surface area contributed by atoms with Gasteiger partial charge in [0.2, 0.25) is 5.78 Å². The lowest BCUT2D eigenvalue weighted by Gasteiger charge is -2.08. The summed E-state index contributed by atoms with van der Waals surface area (Å²) in [4.78, 5) is 30.1.